The zero-order chi connectivity index (χ0) is 14.2. The fraction of sp³-hybridized carbons (Fsp3) is 0.462. The molecule has 0 amide bonds. The number of rotatable bonds is 3. The van der Waals surface area contributed by atoms with E-state index in [9.17, 15) is 9.18 Å². The molecule has 0 fully saturated rings. The summed E-state index contributed by atoms with van der Waals surface area (Å²) in [5.41, 5.74) is -0.663. The fourth-order valence-electron chi connectivity index (χ4n) is 2.20. The molecular weight excluding hydrogens is 319 g/mol. The van der Waals surface area contributed by atoms with Crippen molar-refractivity contribution in [3.05, 3.63) is 21.9 Å². The monoisotopic (exact) mass is 332 g/mol. The normalized spacial score (nSPS) is 14.3. The molecule has 0 bridgehead atoms. The maximum Gasteiger partial charge on any atom is 0.304 e. The highest BCUT2D eigenvalue weighted by Crippen LogP contribution is 2.45. The van der Waals surface area contributed by atoms with Gasteiger partial charge in [-0.25, -0.2) is 4.39 Å². The maximum absolute atomic E-state index is 14.4. The van der Waals surface area contributed by atoms with Gasteiger partial charge in [0.25, 0.3) is 0 Å². The predicted molar refractivity (Wildman–Crippen MR) is 70.4 cm³/mol. The molecule has 4 nitrogen and oxygen atoms in total. The largest absolute Gasteiger partial charge is 0.486 e. The van der Waals surface area contributed by atoms with Gasteiger partial charge in [-0.1, -0.05) is 13.8 Å². The van der Waals surface area contributed by atoms with Crippen LogP contribution in [0.2, 0.25) is 0 Å². The van der Waals surface area contributed by atoms with Crippen LogP contribution in [0.1, 0.15) is 25.8 Å². The highest BCUT2D eigenvalue weighted by molar-refractivity contribution is 9.10. The van der Waals surface area contributed by atoms with Crippen molar-refractivity contribution in [2.75, 3.05) is 13.2 Å². The van der Waals surface area contributed by atoms with Crippen molar-refractivity contribution in [2.45, 2.75) is 25.7 Å². The summed E-state index contributed by atoms with van der Waals surface area (Å²) >= 11 is 3.13. The minimum atomic E-state index is -0.991. The first-order chi connectivity index (χ1) is 8.83. The second-order valence-electron chi connectivity index (χ2n) is 5.03. The molecule has 0 radical (unpaired) electrons. The molecule has 19 heavy (non-hydrogen) atoms. The minimum absolute atomic E-state index is 0.198. The number of fused-ring (bicyclic) bond motifs is 1. The zero-order valence-corrected chi connectivity index (χ0v) is 12.2. The lowest BCUT2D eigenvalue weighted by molar-refractivity contribution is -0.138. The summed E-state index contributed by atoms with van der Waals surface area (Å²) in [6.07, 6.45) is -0.198. The first-order valence-electron chi connectivity index (χ1n) is 5.83. The van der Waals surface area contributed by atoms with Crippen LogP contribution in [-0.4, -0.2) is 24.3 Å². The second-order valence-corrected chi connectivity index (χ2v) is 5.88. The Bertz CT molecular complexity index is 528. The van der Waals surface area contributed by atoms with E-state index in [-0.39, 0.29) is 16.5 Å². The third kappa shape index (κ3) is 2.68. The number of benzene rings is 1. The Morgan fingerprint density at radius 1 is 1.47 bits per heavy atom. The zero-order valence-electron chi connectivity index (χ0n) is 10.6. The summed E-state index contributed by atoms with van der Waals surface area (Å²) in [4.78, 5) is 10.9. The van der Waals surface area contributed by atoms with Crippen molar-refractivity contribution in [3.63, 3.8) is 0 Å². The van der Waals surface area contributed by atoms with Crippen molar-refractivity contribution in [3.8, 4) is 11.5 Å². The molecule has 1 aromatic carbocycles. The van der Waals surface area contributed by atoms with Crippen LogP contribution in [0.5, 0.6) is 11.5 Å². The number of ether oxygens (including phenoxy) is 2. The Labute approximate surface area is 118 Å². The molecular formula is C13H14BrFO4. The van der Waals surface area contributed by atoms with Crippen molar-refractivity contribution in [1.29, 1.82) is 0 Å². The Morgan fingerprint density at radius 3 is 2.74 bits per heavy atom. The van der Waals surface area contributed by atoms with E-state index in [4.69, 9.17) is 14.6 Å². The molecule has 0 unspecified atom stereocenters. The molecule has 0 atom stereocenters. The highest BCUT2D eigenvalue weighted by Gasteiger charge is 2.35. The van der Waals surface area contributed by atoms with Crippen LogP contribution in [0.15, 0.2) is 10.5 Å². The van der Waals surface area contributed by atoms with E-state index in [1.165, 1.54) is 6.07 Å². The van der Waals surface area contributed by atoms with Crippen LogP contribution in [-0.2, 0) is 10.2 Å². The second kappa shape index (κ2) is 5.00. The number of carboxylic acid groups (broad SMARTS) is 1. The van der Waals surface area contributed by atoms with Crippen LogP contribution in [0.25, 0.3) is 0 Å². The van der Waals surface area contributed by atoms with Gasteiger partial charge in [0.15, 0.2) is 11.5 Å². The predicted octanol–water partition coefficient (Wildman–Crippen LogP) is 3.11. The van der Waals surface area contributed by atoms with E-state index in [0.29, 0.717) is 24.7 Å². The Kier molecular flexibility index (Phi) is 3.71. The van der Waals surface area contributed by atoms with Crippen LogP contribution < -0.4 is 9.47 Å². The van der Waals surface area contributed by atoms with E-state index in [0.717, 1.165) is 0 Å². The molecule has 1 heterocycles. The van der Waals surface area contributed by atoms with Crippen LogP contribution in [0.4, 0.5) is 4.39 Å². The topological polar surface area (TPSA) is 55.8 Å². The molecule has 0 saturated carbocycles. The average Bonchev–Trinajstić information content (AvgIpc) is 2.28. The lowest BCUT2D eigenvalue weighted by Crippen LogP contribution is -2.27. The highest BCUT2D eigenvalue weighted by atomic mass is 79.9. The van der Waals surface area contributed by atoms with Crippen LogP contribution in [0.3, 0.4) is 0 Å². The number of halogens is 2. The van der Waals surface area contributed by atoms with Gasteiger partial charge in [0.1, 0.15) is 19.0 Å². The summed E-state index contributed by atoms with van der Waals surface area (Å²) in [5, 5.41) is 8.97. The standard InChI is InChI=1S/C13H14BrFO4/c1-13(2,6-9(16)17)10-11(15)7(14)5-8-12(10)19-4-3-18-8/h5H,3-4,6H2,1-2H3,(H,16,17). The van der Waals surface area contributed by atoms with Gasteiger partial charge in [-0.15, -0.1) is 0 Å². The molecule has 6 heteroatoms. The van der Waals surface area contributed by atoms with Crippen molar-refractivity contribution >= 4 is 21.9 Å². The molecule has 1 aliphatic rings. The van der Waals surface area contributed by atoms with Crippen molar-refractivity contribution in [1.82, 2.24) is 0 Å². The third-order valence-electron chi connectivity index (χ3n) is 3.00. The molecule has 1 N–H and O–H groups in total. The SMILES string of the molecule is CC(C)(CC(=O)O)c1c(F)c(Br)cc2c1OCCO2. The van der Waals surface area contributed by atoms with Gasteiger partial charge in [0, 0.05) is 17.0 Å². The smallest absolute Gasteiger partial charge is 0.304 e. The van der Waals surface area contributed by atoms with Crippen molar-refractivity contribution < 1.29 is 23.8 Å². The molecule has 104 valence electrons. The summed E-state index contributed by atoms with van der Waals surface area (Å²) in [6, 6.07) is 1.50. The third-order valence-corrected chi connectivity index (χ3v) is 3.57. The molecule has 0 spiro atoms. The number of carbonyl (C=O) groups is 1. The van der Waals surface area contributed by atoms with Gasteiger partial charge < -0.3 is 14.6 Å². The average molecular weight is 333 g/mol. The quantitative estimate of drug-likeness (QED) is 0.923. The van der Waals surface area contributed by atoms with Gasteiger partial charge in [0.2, 0.25) is 0 Å². The first-order valence-corrected chi connectivity index (χ1v) is 6.62. The number of aliphatic carboxylic acids is 1. The summed E-state index contributed by atoms with van der Waals surface area (Å²) in [6.45, 7) is 4.06. The summed E-state index contributed by atoms with van der Waals surface area (Å²) in [5.74, 6) is -0.753. The van der Waals surface area contributed by atoms with Gasteiger partial charge in [-0.2, -0.15) is 0 Å². The van der Waals surface area contributed by atoms with Crippen LogP contribution in [0, 0.1) is 5.82 Å². The molecule has 2 rings (SSSR count). The van der Waals surface area contributed by atoms with Gasteiger partial charge in [-0.05, 0) is 15.9 Å². The summed E-state index contributed by atoms with van der Waals surface area (Å²) < 4.78 is 25.5. The van der Waals surface area contributed by atoms with E-state index in [2.05, 4.69) is 15.9 Å². The van der Waals surface area contributed by atoms with E-state index >= 15 is 0 Å². The minimum Gasteiger partial charge on any atom is -0.486 e. The number of carboxylic acids is 1. The summed E-state index contributed by atoms with van der Waals surface area (Å²) in [7, 11) is 0. The van der Waals surface area contributed by atoms with Gasteiger partial charge >= 0.3 is 5.97 Å². The molecule has 1 aromatic rings. The lowest BCUT2D eigenvalue weighted by Gasteiger charge is -2.30. The van der Waals surface area contributed by atoms with Gasteiger partial charge in [-0.3, -0.25) is 4.79 Å². The van der Waals surface area contributed by atoms with E-state index in [1.54, 1.807) is 13.8 Å². The number of hydrogen-bond acceptors (Lipinski definition) is 3. The fourth-order valence-corrected chi connectivity index (χ4v) is 2.61. The molecule has 1 aliphatic heterocycles. The van der Waals surface area contributed by atoms with E-state index in [1.807, 2.05) is 0 Å². The Morgan fingerprint density at radius 2 is 2.11 bits per heavy atom. The van der Waals surface area contributed by atoms with Crippen molar-refractivity contribution in [2.24, 2.45) is 0 Å². The molecule has 0 saturated heterocycles. The Balaban J connectivity index is 2.60. The first kappa shape index (κ1) is 14.1. The van der Waals surface area contributed by atoms with E-state index < -0.39 is 17.2 Å². The maximum atomic E-state index is 14.4. The van der Waals surface area contributed by atoms with Gasteiger partial charge in [0.05, 0.1) is 10.9 Å². The molecule has 0 aliphatic carbocycles. The molecule has 0 aromatic heterocycles. The number of hydrogen-bond donors (Lipinski definition) is 1. The lowest BCUT2D eigenvalue weighted by atomic mass is 9.80. The van der Waals surface area contributed by atoms with Crippen LogP contribution >= 0.6 is 15.9 Å². The Hall–Kier alpha value is -1.30.